The molecule has 0 radical (unpaired) electrons. The maximum Gasteiger partial charge on any atom is 0.254 e. The molecule has 3 rings (SSSR count). The van der Waals surface area contributed by atoms with E-state index in [1.807, 2.05) is 12.1 Å². The van der Waals surface area contributed by atoms with Crippen LogP contribution in [0.4, 0.5) is 0 Å². The molecule has 1 saturated heterocycles. The molecule has 0 bridgehead atoms. The third-order valence-corrected chi connectivity index (χ3v) is 3.38. The molecule has 1 aromatic carbocycles. The zero-order valence-corrected chi connectivity index (χ0v) is 11.5. The van der Waals surface area contributed by atoms with Gasteiger partial charge in [0.05, 0.1) is 19.3 Å². The van der Waals surface area contributed by atoms with Crippen molar-refractivity contribution in [2.45, 2.75) is 6.10 Å². The van der Waals surface area contributed by atoms with Crippen molar-refractivity contribution < 1.29 is 9.53 Å². The number of hydrogen-bond donors (Lipinski definition) is 0. The summed E-state index contributed by atoms with van der Waals surface area (Å²) in [6, 6.07) is 10.7. The molecule has 0 N–H and O–H groups in total. The summed E-state index contributed by atoms with van der Waals surface area (Å²) in [7, 11) is 0. The molecule has 2 heterocycles. The first-order valence-corrected chi connectivity index (χ1v) is 6.72. The van der Waals surface area contributed by atoms with E-state index in [2.05, 4.69) is 4.98 Å². The highest BCUT2D eigenvalue weighted by Crippen LogP contribution is 2.20. The molecule has 1 aliphatic rings. The number of rotatable bonds is 3. The van der Waals surface area contributed by atoms with Crippen molar-refractivity contribution in [2.75, 3.05) is 13.1 Å². The van der Waals surface area contributed by atoms with Crippen LogP contribution in [-0.4, -0.2) is 35.0 Å². The standard InChI is InChI=1S/C15H13ClN2O2/c16-12-4-1-3-11(7-12)15(19)18-9-14(10-18)20-13-5-2-6-17-8-13/h1-8,14H,9-10H2. The Labute approximate surface area is 122 Å². The van der Waals surface area contributed by atoms with E-state index in [-0.39, 0.29) is 12.0 Å². The number of pyridine rings is 1. The first-order chi connectivity index (χ1) is 9.72. The highest BCUT2D eigenvalue weighted by Gasteiger charge is 2.32. The molecule has 0 unspecified atom stereocenters. The molecule has 0 atom stereocenters. The first kappa shape index (κ1) is 12.9. The number of carbonyl (C=O) groups excluding carboxylic acids is 1. The smallest absolute Gasteiger partial charge is 0.254 e. The fourth-order valence-electron chi connectivity index (χ4n) is 2.09. The van der Waals surface area contributed by atoms with Crippen LogP contribution < -0.4 is 4.74 Å². The summed E-state index contributed by atoms with van der Waals surface area (Å²) in [5.41, 5.74) is 0.609. The predicted molar refractivity (Wildman–Crippen MR) is 76.0 cm³/mol. The maximum absolute atomic E-state index is 12.2. The average molecular weight is 289 g/mol. The molecule has 1 aliphatic heterocycles. The minimum absolute atomic E-state index is 0.0152. The van der Waals surface area contributed by atoms with E-state index in [1.54, 1.807) is 41.6 Å². The van der Waals surface area contributed by atoms with Gasteiger partial charge in [0.15, 0.2) is 0 Å². The Morgan fingerprint density at radius 2 is 2.15 bits per heavy atom. The van der Waals surface area contributed by atoms with Crippen molar-refractivity contribution in [2.24, 2.45) is 0 Å². The van der Waals surface area contributed by atoms with Gasteiger partial charge in [0.2, 0.25) is 0 Å². The SMILES string of the molecule is O=C(c1cccc(Cl)c1)N1CC(Oc2cccnc2)C1. The van der Waals surface area contributed by atoms with Crippen LogP contribution in [0.1, 0.15) is 10.4 Å². The lowest BCUT2D eigenvalue weighted by molar-refractivity contribution is 0.0176. The number of hydrogen-bond acceptors (Lipinski definition) is 3. The van der Waals surface area contributed by atoms with Crippen LogP contribution in [0.25, 0.3) is 0 Å². The van der Waals surface area contributed by atoms with Crippen molar-refractivity contribution >= 4 is 17.5 Å². The molecule has 0 spiro atoms. The Hall–Kier alpha value is -2.07. The van der Waals surface area contributed by atoms with Crippen LogP contribution in [0, 0.1) is 0 Å². The van der Waals surface area contributed by atoms with Gasteiger partial charge in [0, 0.05) is 16.8 Å². The molecule has 4 nitrogen and oxygen atoms in total. The second-order valence-corrected chi connectivity index (χ2v) is 5.09. The average Bonchev–Trinajstić information content (AvgIpc) is 2.43. The second kappa shape index (κ2) is 5.51. The van der Waals surface area contributed by atoms with Gasteiger partial charge < -0.3 is 9.64 Å². The number of carbonyl (C=O) groups is 1. The Bertz CT molecular complexity index is 612. The van der Waals surface area contributed by atoms with Crippen LogP contribution in [0.2, 0.25) is 5.02 Å². The van der Waals surface area contributed by atoms with E-state index in [0.717, 1.165) is 5.75 Å². The summed E-state index contributed by atoms with van der Waals surface area (Å²) in [4.78, 5) is 17.9. The van der Waals surface area contributed by atoms with E-state index in [4.69, 9.17) is 16.3 Å². The highest BCUT2D eigenvalue weighted by atomic mass is 35.5. The minimum Gasteiger partial charge on any atom is -0.485 e. The molecule has 2 aromatic rings. The zero-order chi connectivity index (χ0) is 13.9. The van der Waals surface area contributed by atoms with Gasteiger partial charge in [-0.25, -0.2) is 0 Å². The fourth-order valence-corrected chi connectivity index (χ4v) is 2.28. The van der Waals surface area contributed by atoms with Crippen LogP contribution in [0.15, 0.2) is 48.8 Å². The number of aromatic nitrogens is 1. The van der Waals surface area contributed by atoms with E-state index in [1.165, 1.54) is 0 Å². The summed E-state index contributed by atoms with van der Waals surface area (Å²) in [6.45, 7) is 1.17. The van der Waals surface area contributed by atoms with E-state index >= 15 is 0 Å². The van der Waals surface area contributed by atoms with Crippen molar-refractivity contribution in [1.29, 1.82) is 0 Å². The Morgan fingerprint density at radius 3 is 2.85 bits per heavy atom. The number of likely N-dealkylation sites (tertiary alicyclic amines) is 1. The number of amides is 1. The number of ether oxygens (including phenoxy) is 1. The van der Waals surface area contributed by atoms with Crippen LogP contribution >= 0.6 is 11.6 Å². The van der Waals surface area contributed by atoms with Crippen molar-refractivity contribution in [3.8, 4) is 5.75 Å². The molecule has 102 valence electrons. The van der Waals surface area contributed by atoms with E-state index < -0.39 is 0 Å². The lowest BCUT2D eigenvalue weighted by Gasteiger charge is -2.38. The monoisotopic (exact) mass is 288 g/mol. The van der Waals surface area contributed by atoms with Gasteiger partial charge in [-0.1, -0.05) is 17.7 Å². The van der Waals surface area contributed by atoms with Crippen LogP contribution in [0.5, 0.6) is 5.75 Å². The summed E-state index contributed by atoms with van der Waals surface area (Å²) >= 11 is 5.89. The minimum atomic E-state index is -0.0152. The van der Waals surface area contributed by atoms with Gasteiger partial charge in [0.1, 0.15) is 11.9 Å². The Kier molecular flexibility index (Phi) is 3.56. The Balaban J connectivity index is 1.56. The summed E-state index contributed by atoms with van der Waals surface area (Å²) < 4.78 is 5.71. The van der Waals surface area contributed by atoms with Gasteiger partial charge in [0.25, 0.3) is 5.91 Å². The Morgan fingerprint density at radius 1 is 1.30 bits per heavy atom. The number of benzene rings is 1. The van der Waals surface area contributed by atoms with Crippen molar-refractivity contribution in [1.82, 2.24) is 9.88 Å². The lowest BCUT2D eigenvalue weighted by atomic mass is 10.1. The molecule has 5 heteroatoms. The molecule has 0 aliphatic carbocycles. The van der Waals surface area contributed by atoms with Crippen molar-refractivity contribution in [3.05, 3.63) is 59.4 Å². The van der Waals surface area contributed by atoms with Gasteiger partial charge >= 0.3 is 0 Å². The van der Waals surface area contributed by atoms with Gasteiger partial charge in [-0.15, -0.1) is 0 Å². The third-order valence-electron chi connectivity index (χ3n) is 3.14. The largest absolute Gasteiger partial charge is 0.485 e. The molecule has 20 heavy (non-hydrogen) atoms. The van der Waals surface area contributed by atoms with E-state index in [9.17, 15) is 4.79 Å². The zero-order valence-electron chi connectivity index (χ0n) is 10.7. The van der Waals surface area contributed by atoms with E-state index in [0.29, 0.717) is 23.7 Å². The first-order valence-electron chi connectivity index (χ1n) is 6.34. The normalized spacial score (nSPS) is 14.8. The molecular formula is C15H13ClN2O2. The molecular weight excluding hydrogens is 276 g/mol. The topological polar surface area (TPSA) is 42.4 Å². The lowest BCUT2D eigenvalue weighted by Crippen LogP contribution is -2.56. The van der Waals surface area contributed by atoms with Gasteiger partial charge in [-0.2, -0.15) is 0 Å². The highest BCUT2D eigenvalue weighted by molar-refractivity contribution is 6.30. The van der Waals surface area contributed by atoms with Crippen molar-refractivity contribution in [3.63, 3.8) is 0 Å². The van der Waals surface area contributed by atoms with Crippen LogP contribution in [-0.2, 0) is 0 Å². The van der Waals surface area contributed by atoms with Gasteiger partial charge in [-0.3, -0.25) is 9.78 Å². The summed E-state index contributed by atoms with van der Waals surface area (Å²) in [5, 5.41) is 0.569. The number of nitrogens with zero attached hydrogens (tertiary/aromatic N) is 2. The molecule has 1 aromatic heterocycles. The molecule has 0 saturated carbocycles. The number of halogens is 1. The fraction of sp³-hybridized carbons (Fsp3) is 0.200. The van der Waals surface area contributed by atoms with Gasteiger partial charge in [-0.05, 0) is 30.3 Å². The quantitative estimate of drug-likeness (QED) is 0.872. The second-order valence-electron chi connectivity index (χ2n) is 4.65. The molecule has 1 fully saturated rings. The maximum atomic E-state index is 12.2. The summed E-state index contributed by atoms with van der Waals surface area (Å²) in [5.74, 6) is 0.714. The predicted octanol–water partition coefficient (Wildman–Crippen LogP) is 2.64. The molecule has 1 amide bonds. The summed E-state index contributed by atoms with van der Waals surface area (Å²) in [6.07, 6.45) is 3.40. The van der Waals surface area contributed by atoms with Crippen LogP contribution in [0.3, 0.4) is 0 Å². The third kappa shape index (κ3) is 2.75.